The summed E-state index contributed by atoms with van der Waals surface area (Å²) in [7, 11) is 1.88. The summed E-state index contributed by atoms with van der Waals surface area (Å²) < 4.78 is 0. The summed E-state index contributed by atoms with van der Waals surface area (Å²) in [6, 6.07) is 0.635. The van der Waals surface area contributed by atoms with Crippen LogP contribution in [0.1, 0.15) is 45.4 Å². The maximum absolute atomic E-state index is 4.36. The summed E-state index contributed by atoms with van der Waals surface area (Å²) in [5.41, 5.74) is 0. The molecule has 2 N–H and O–H groups in total. The monoisotopic (exact) mass is 394 g/mol. The normalized spacial score (nSPS) is 25.3. The molecular formula is C15H31IN4. The molecule has 1 heterocycles. The molecule has 4 nitrogen and oxygen atoms in total. The van der Waals surface area contributed by atoms with Gasteiger partial charge in [0.15, 0.2) is 5.96 Å². The largest absolute Gasteiger partial charge is 0.356 e. The number of nitrogens with zero attached hydrogens (tertiary/aromatic N) is 2. The maximum Gasteiger partial charge on any atom is 0.191 e. The van der Waals surface area contributed by atoms with Crippen LogP contribution in [0.5, 0.6) is 0 Å². The predicted octanol–water partition coefficient (Wildman–Crippen LogP) is 2.44. The number of nitrogens with one attached hydrogen (secondary N) is 2. The van der Waals surface area contributed by atoms with Gasteiger partial charge in [-0.2, -0.15) is 0 Å². The zero-order valence-corrected chi connectivity index (χ0v) is 15.4. The summed E-state index contributed by atoms with van der Waals surface area (Å²) in [5, 5.41) is 7.10. The van der Waals surface area contributed by atoms with E-state index in [-0.39, 0.29) is 24.0 Å². The van der Waals surface area contributed by atoms with Crippen molar-refractivity contribution in [1.29, 1.82) is 0 Å². The molecule has 2 aliphatic rings. The molecule has 1 aliphatic carbocycles. The number of halogens is 1. The van der Waals surface area contributed by atoms with Gasteiger partial charge in [-0.1, -0.05) is 26.2 Å². The van der Waals surface area contributed by atoms with Gasteiger partial charge >= 0.3 is 0 Å². The first-order valence-electron chi connectivity index (χ1n) is 8.01. The van der Waals surface area contributed by atoms with E-state index in [9.17, 15) is 0 Å². The number of hydrogen-bond acceptors (Lipinski definition) is 2. The first-order valence-corrected chi connectivity index (χ1v) is 8.01. The number of aliphatic imine (C=N–C) groups is 1. The lowest BCUT2D eigenvalue weighted by atomic mass is 9.96. The van der Waals surface area contributed by atoms with Gasteiger partial charge in [-0.25, -0.2) is 0 Å². The Morgan fingerprint density at radius 1 is 1.20 bits per heavy atom. The lowest BCUT2D eigenvalue weighted by Crippen LogP contribution is -2.45. The van der Waals surface area contributed by atoms with Crippen molar-refractivity contribution in [3.63, 3.8) is 0 Å². The fourth-order valence-electron chi connectivity index (χ4n) is 3.24. The highest BCUT2D eigenvalue weighted by Crippen LogP contribution is 2.17. The van der Waals surface area contributed by atoms with Crippen molar-refractivity contribution < 1.29 is 0 Å². The summed E-state index contributed by atoms with van der Waals surface area (Å²) >= 11 is 0. The highest BCUT2D eigenvalue weighted by atomic mass is 127. The Balaban J connectivity index is 0.00000200. The van der Waals surface area contributed by atoms with Crippen LogP contribution in [0.2, 0.25) is 0 Å². The Labute approximate surface area is 141 Å². The van der Waals surface area contributed by atoms with Crippen molar-refractivity contribution in [2.45, 2.75) is 51.5 Å². The molecule has 5 heteroatoms. The maximum atomic E-state index is 4.36. The van der Waals surface area contributed by atoms with E-state index in [1.807, 2.05) is 7.05 Å². The molecule has 2 fully saturated rings. The smallest absolute Gasteiger partial charge is 0.191 e. The number of likely N-dealkylation sites (tertiary alicyclic amines) is 1. The van der Waals surface area contributed by atoms with E-state index in [0.29, 0.717) is 6.04 Å². The second-order valence-electron chi connectivity index (χ2n) is 5.98. The molecule has 118 valence electrons. The van der Waals surface area contributed by atoms with E-state index in [1.165, 1.54) is 58.2 Å². The summed E-state index contributed by atoms with van der Waals surface area (Å²) in [6.45, 7) is 7.00. The van der Waals surface area contributed by atoms with Crippen LogP contribution in [0.3, 0.4) is 0 Å². The van der Waals surface area contributed by atoms with Crippen LogP contribution < -0.4 is 10.6 Å². The third-order valence-corrected chi connectivity index (χ3v) is 4.54. The van der Waals surface area contributed by atoms with Crippen LogP contribution in [0.15, 0.2) is 4.99 Å². The van der Waals surface area contributed by atoms with Crippen molar-refractivity contribution in [2.75, 3.05) is 33.2 Å². The van der Waals surface area contributed by atoms with Gasteiger partial charge in [0.25, 0.3) is 0 Å². The number of hydrogen-bond donors (Lipinski definition) is 2. The molecule has 1 saturated heterocycles. The molecule has 0 aromatic heterocycles. The first kappa shape index (κ1) is 18.0. The van der Waals surface area contributed by atoms with Crippen molar-refractivity contribution in [1.82, 2.24) is 15.5 Å². The average Bonchev–Trinajstić information content (AvgIpc) is 2.92. The molecule has 20 heavy (non-hydrogen) atoms. The second kappa shape index (κ2) is 9.82. The van der Waals surface area contributed by atoms with Crippen LogP contribution in [0, 0.1) is 5.92 Å². The molecule has 0 spiro atoms. The fraction of sp³-hybridized carbons (Fsp3) is 0.933. The van der Waals surface area contributed by atoms with Crippen LogP contribution in [0.4, 0.5) is 0 Å². The topological polar surface area (TPSA) is 39.7 Å². The van der Waals surface area contributed by atoms with E-state index in [0.717, 1.165) is 18.4 Å². The third kappa shape index (κ3) is 5.76. The van der Waals surface area contributed by atoms with Gasteiger partial charge in [-0.3, -0.25) is 4.99 Å². The van der Waals surface area contributed by atoms with Crippen molar-refractivity contribution >= 4 is 29.9 Å². The van der Waals surface area contributed by atoms with Crippen LogP contribution in [-0.2, 0) is 0 Å². The minimum Gasteiger partial charge on any atom is -0.356 e. The summed E-state index contributed by atoms with van der Waals surface area (Å²) in [5.74, 6) is 1.78. The molecule has 1 unspecified atom stereocenters. The Morgan fingerprint density at radius 3 is 2.55 bits per heavy atom. The van der Waals surface area contributed by atoms with E-state index in [2.05, 4.69) is 27.4 Å². The zero-order valence-electron chi connectivity index (χ0n) is 13.0. The quantitative estimate of drug-likeness (QED) is 0.437. The molecule has 2 rings (SSSR count). The third-order valence-electron chi connectivity index (χ3n) is 4.54. The van der Waals surface area contributed by atoms with Gasteiger partial charge in [-0.05, 0) is 38.3 Å². The van der Waals surface area contributed by atoms with E-state index >= 15 is 0 Å². The van der Waals surface area contributed by atoms with Gasteiger partial charge in [0.1, 0.15) is 0 Å². The zero-order chi connectivity index (χ0) is 13.5. The molecule has 0 bridgehead atoms. The summed E-state index contributed by atoms with van der Waals surface area (Å²) in [6.07, 6.45) is 8.05. The Bertz CT molecular complexity index is 290. The molecular weight excluding hydrogens is 363 g/mol. The second-order valence-corrected chi connectivity index (χ2v) is 5.98. The predicted molar refractivity (Wildman–Crippen MR) is 97.0 cm³/mol. The van der Waals surface area contributed by atoms with Crippen LogP contribution >= 0.6 is 24.0 Å². The SMILES string of the molecule is CCN1CCC(CNC(=NC)NC2CCCCC2)C1.I. The molecule has 0 aromatic rings. The molecule has 0 radical (unpaired) electrons. The highest BCUT2D eigenvalue weighted by Gasteiger charge is 2.21. The molecule has 1 atom stereocenters. The van der Waals surface area contributed by atoms with Gasteiger partial charge in [0.2, 0.25) is 0 Å². The molecule has 0 amide bonds. The van der Waals surface area contributed by atoms with Gasteiger partial charge in [0, 0.05) is 26.2 Å². The lowest BCUT2D eigenvalue weighted by Gasteiger charge is -2.25. The average molecular weight is 394 g/mol. The van der Waals surface area contributed by atoms with Gasteiger partial charge in [0.05, 0.1) is 0 Å². The first-order chi connectivity index (χ1) is 9.31. The van der Waals surface area contributed by atoms with E-state index in [1.54, 1.807) is 0 Å². The highest BCUT2D eigenvalue weighted by molar-refractivity contribution is 14.0. The van der Waals surface area contributed by atoms with E-state index in [4.69, 9.17) is 0 Å². The van der Waals surface area contributed by atoms with Crippen LogP contribution in [0.25, 0.3) is 0 Å². The molecule has 1 aliphatic heterocycles. The van der Waals surface area contributed by atoms with Crippen molar-refractivity contribution in [3.8, 4) is 0 Å². The van der Waals surface area contributed by atoms with Crippen molar-refractivity contribution in [2.24, 2.45) is 10.9 Å². The fourth-order valence-corrected chi connectivity index (χ4v) is 3.24. The standard InChI is InChI=1S/C15H30N4.HI/c1-3-19-10-9-13(12-19)11-17-15(16-2)18-14-7-5-4-6-8-14;/h13-14H,3-12H2,1-2H3,(H2,16,17,18);1H. The lowest BCUT2D eigenvalue weighted by molar-refractivity contribution is 0.341. The summed E-state index contributed by atoms with van der Waals surface area (Å²) in [4.78, 5) is 6.89. The minimum absolute atomic E-state index is 0. The Morgan fingerprint density at radius 2 is 1.95 bits per heavy atom. The van der Waals surface area contributed by atoms with E-state index < -0.39 is 0 Å². The molecule has 1 saturated carbocycles. The minimum atomic E-state index is 0. The molecule has 0 aromatic carbocycles. The number of rotatable bonds is 4. The van der Waals surface area contributed by atoms with Gasteiger partial charge < -0.3 is 15.5 Å². The van der Waals surface area contributed by atoms with Crippen molar-refractivity contribution in [3.05, 3.63) is 0 Å². The Hall–Kier alpha value is -0.0400. The van der Waals surface area contributed by atoms with Gasteiger partial charge in [-0.15, -0.1) is 24.0 Å². The Kier molecular flexibility index (Phi) is 8.84. The number of guanidine groups is 1. The van der Waals surface area contributed by atoms with Crippen LogP contribution in [-0.4, -0.2) is 50.1 Å².